The summed E-state index contributed by atoms with van der Waals surface area (Å²) < 4.78 is 28.6. The number of hydrogen-bond donors (Lipinski definition) is 1. The molecule has 1 fully saturated rings. The first-order chi connectivity index (χ1) is 16.9. The third-order valence-electron chi connectivity index (χ3n) is 6.04. The van der Waals surface area contributed by atoms with Crippen LogP contribution in [0.2, 0.25) is 0 Å². The highest BCUT2D eigenvalue weighted by Crippen LogP contribution is 2.18. The molecule has 0 aliphatic carbocycles. The molecule has 5 rings (SSSR count). The van der Waals surface area contributed by atoms with Crippen LogP contribution in [0.15, 0.2) is 76.6 Å². The Labute approximate surface area is 201 Å². The summed E-state index contributed by atoms with van der Waals surface area (Å²) in [6.07, 6.45) is 1.89. The zero-order valence-corrected chi connectivity index (χ0v) is 19.7. The lowest BCUT2D eigenvalue weighted by atomic mass is 10.2. The van der Waals surface area contributed by atoms with E-state index in [0.717, 1.165) is 5.69 Å². The van der Waals surface area contributed by atoms with E-state index < -0.39 is 10.0 Å². The van der Waals surface area contributed by atoms with Crippen molar-refractivity contribution < 1.29 is 13.2 Å². The number of rotatable bonds is 6. The third kappa shape index (κ3) is 4.60. The van der Waals surface area contributed by atoms with Crippen molar-refractivity contribution in [3.8, 4) is 5.69 Å². The van der Waals surface area contributed by atoms with E-state index in [4.69, 9.17) is 0 Å². The Bertz CT molecular complexity index is 1510. The Kier molecular flexibility index (Phi) is 6.18. The van der Waals surface area contributed by atoms with Crippen molar-refractivity contribution in [2.24, 2.45) is 0 Å². The molecule has 35 heavy (non-hydrogen) atoms. The number of carbonyl (C=O) groups is 1. The summed E-state index contributed by atoms with van der Waals surface area (Å²) in [5.74, 6) is 0.292. The molecule has 10 nitrogen and oxygen atoms in total. The Morgan fingerprint density at radius 3 is 2.29 bits per heavy atom. The van der Waals surface area contributed by atoms with Crippen molar-refractivity contribution in [2.45, 2.75) is 17.7 Å². The molecule has 0 unspecified atom stereocenters. The second-order valence-electron chi connectivity index (χ2n) is 8.24. The van der Waals surface area contributed by atoms with Crippen LogP contribution in [0.3, 0.4) is 0 Å². The number of nitrogens with zero attached hydrogens (tertiary/aromatic N) is 5. The van der Waals surface area contributed by atoms with Crippen molar-refractivity contribution in [2.75, 3.05) is 26.2 Å². The summed E-state index contributed by atoms with van der Waals surface area (Å²) >= 11 is 0. The number of aryl methyl sites for hydroxylation is 1. The molecule has 0 bridgehead atoms. The van der Waals surface area contributed by atoms with Crippen LogP contribution in [-0.4, -0.2) is 69.5 Å². The number of aromatic amines is 1. The van der Waals surface area contributed by atoms with Gasteiger partial charge in [-0.3, -0.25) is 9.59 Å². The molecule has 1 aliphatic rings. The van der Waals surface area contributed by atoms with Gasteiger partial charge in [-0.25, -0.2) is 18.1 Å². The van der Waals surface area contributed by atoms with Crippen LogP contribution < -0.4 is 5.56 Å². The van der Waals surface area contributed by atoms with Crippen molar-refractivity contribution in [1.29, 1.82) is 0 Å². The van der Waals surface area contributed by atoms with Crippen LogP contribution in [0, 0.1) is 0 Å². The minimum absolute atomic E-state index is 0.110. The van der Waals surface area contributed by atoms with Gasteiger partial charge in [0.1, 0.15) is 11.2 Å². The highest BCUT2D eigenvalue weighted by atomic mass is 32.2. The van der Waals surface area contributed by atoms with E-state index >= 15 is 0 Å². The number of carbonyl (C=O) groups excluding carboxylic acids is 1. The van der Waals surface area contributed by atoms with Crippen molar-refractivity contribution in [3.63, 3.8) is 0 Å². The van der Waals surface area contributed by atoms with Gasteiger partial charge >= 0.3 is 0 Å². The number of H-pyrrole nitrogens is 1. The minimum atomic E-state index is -3.58. The number of fused-ring (bicyclic) bond motifs is 1. The fraction of sp³-hybridized carbons (Fsp3) is 0.250. The Hall–Kier alpha value is -3.83. The maximum absolute atomic E-state index is 12.8. The second kappa shape index (κ2) is 9.43. The molecular weight excluding hydrogens is 468 g/mol. The molecule has 180 valence electrons. The molecule has 4 aromatic rings. The van der Waals surface area contributed by atoms with Crippen LogP contribution in [0.25, 0.3) is 16.7 Å². The summed E-state index contributed by atoms with van der Waals surface area (Å²) in [5.41, 5.74) is 0.910. The van der Waals surface area contributed by atoms with Crippen LogP contribution in [-0.2, 0) is 21.2 Å². The van der Waals surface area contributed by atoms with Gasteiger partial charge in [-0.15, -0.1) is 0 Å². The fourth-order valence-corrected chi connectivity index (χ4v) is 5.59. The SMILES string of the molecule is O=C(CCc1nc2c(cnn2-c2ccccc2)c(=O)[nH]1)N1CCN(S(=O)(=O)c2ccccc2)CC1. The van der Waals surface area contributed by atoms with Crippen LogP contribution >= 0.6 is 0 Å². The lowest BCUT2D eigenvalue weighted by Gasteiger charge is -2.34. The number of para-hydroxylation sites is 1. The molecule has 3 heterocycles. The summed E-state index contributed by atoms with van der Waals surface area (Å²) in [5, 5.41) is 4.66. The van der Waals surface area contributed by atoms with Gasteiger partial charge in [-0.05, 0) is 24.3 Å². The zero-order valence-electron chi connectivity index (χ0n) is 18.9. The van der Waals surface area contributed by atoms with Crippen molar-refractivity contribution in [1.82, 2.24) is 29.0 Å². The molecule has 0 atom stereocenters. The van der Waals surface area contributed by atoms with Gasteiger partial charge in [0.15, 0.2) is 5.65 Å². The highest BCUT2D eigenvalue weighted by Gasteiger charge is 2.29. The van der Waals surface area contributed by atoms with Gasteiger partial charge in [0.2, 0.25) is 15.9 Å². The average molecular weight is 493 g/mol. The Morgan fingerprint density at radius 1 is 0.943 bits per heavy atom. The number of hydrogen-bond acceptors (Lipinski definition) is 6. The lowest BCUT2D eigenvalue weighted by molar-refractivity contribution is -0.132. The molecule has 1 N–H and O–H groups in total. The average Bonchev–Trinajstić information content (AvgIpc) is 3.33. The van der Waals surface area contributed by atoms with Crippen LogP contribution in [0.4, 0.5) is 0 Å². The Balaban J connectivity index is 1.24. The van der Waals surface area contributed by atoms with E-state index in [-0.39, 0.29) is 42.3 Å². The second-order valence-corrected chi connectivity index (χ2v) is 10.2. The minimum Gasteiger partial charge on any atom is -0.340 e. The molecule has 1 amide bonds. The smallest absolute Gasteiger partial charge is 0.262 e. The number of sulfonamides is 1. The number of amides is 1. The summed E-state index contributed by atoms with van der Waals surface area (Å²) in [7, 11) is -3.58. The molecule has 0 saturated carbocycles. The van der Waals surface area contributed by atoms with Crippen molar-refractivity contribution >= 4 is 27.0 Å². The molecule has 0 spiro atoms. The first-order valence-electron chi connectivity index (χ1n) is 11.3. The highest BCUT2D eigenvalue weighted by molar-refractivity contribution is 7.89. The monoisotopic (exact) mass is 492 g/mol. The van der Waals surface area contributed by atoms with Crippen LogP contribution in [0.5, 0.6) is 0 Å². The standard InChI is InChI=1S/C24H24N6O4S/c31-22(28-13-15-29(16-14-28)35(33,34)19-9-5-2-6-10-19)12-11-21-26-23-20(24(32)27-21)17-25-30(23)18-7-3-1-4-8-18/h1-10,17H,11-16H2,(H,26,27,32). The number of nitrogens with one attached hydrogen (secondary N) is 1. The number of aromatic nitrogens is 4. The van der Waals surface area contributed by atoms with Gasteiger partial charge in [0.05, 0.1) is 16.8 Å². The molecular formula is C24H24N6O4S. The Morgan fingerprint density at radius 2 is 1.60 bits per heavy atom. The zero-order chi connectivity index (χ0) is 24.4. The summed E-state index contributed by atoms with van der Waals surface area (Å²) in [6, 6.07) is 17.7. The molecule has 1 saturated heterocycles. The largest absolute Gasteiger partial charge is 0.340 e. The molecule has 2 aromatic carbocycles. The maximum Gasteiger partial charge on any atom is 0.262 e. The van der Waals surface area contributed by atoms with Gasteiger partial charge in [-0.1, -0.05) is 36.4 Å². The van der Waals surface area contributed by atoms with E-state index in [1.165, 1.54) is 10.5 Å². The van der Waals surface area contributed by atoms with E-state index in [1.54, 1.807) is 39.9 Å². The topological polar surface area (TPSA) is 121 Å². The normalized spacial score (nSPS) is 14.9. The molecule has 1 aliphatic heterocycles. The van der Waals surface area contributed by atoms with Gasteiger partial charge in [0, 0.05) is 39.0 Å². The quantitative estimate of drug-likeness (QED) is 0.436. The third-order valence-corrected chi connectivity index (χ3v) is 7.95. The van der Waals surface area contributed by atoms with Crippen molar-refractivity contribution in [3.05, 3.63) is 83.0 Å². The summed E-state index contributed by atoms with van der Waals surface area (Å²) in [4.78, 5) is 34.5. The van der Waals surface area contributed by atoms with Gasteiger partial charge in [-0.2, -0.15) is 9.40 Å². The van der Waals surface area contributed by atoms with Crippen LogP contribution in [0.1, 0.15) is 12.2 Å². The first kappa shape index (κ1) is 22.9. The number of benzene rings is 2. The molecule has 11 heteroatoms. The van der Waals surface area contributed by atoms with E-state index in [1.807, 2.05) is 30.3 Å². The van der Waals surface area contributed by atoms with Gasteiger partial charge in [0.25, 0.3) is 5.56 Å². The first-order valence-corrected chi connectivity index (χ1v) is 12.7. The van der Waals surface area contributed by atoms with E-state index in [2.05, 4.69) is 15.1 Å². The molecule has 0 radical (unpaired) electrons. The summed E-state index contributed by atoms with van der Waals surface area (Å²) in [6.45, 7) is 1.10. The predicted octanol–water partition coefficient (Wildman–Crippen LogP) is 1.57. The number of piperazine rings is 1. The van der Waals surface area contributed by atoms with E-state index in [0.29, 0.717) is 29.9 Å². The fourth-order valence-electron chi connectivity index (χ4n) is 4.14. The maximum atomic E-state index is 12.8. The predicted molar refractivity (Wildman–Crippen MR) is 130 cm³/mol. The molecule has 2 aromatic heterocycles. The lowest BCUT2D eigenvalue weighted by Crippen LogP contribution is -2.50. The van der Waals surface area contributed by atoms with Gasteiger partial charge < -0.3 is 9.88 Å². The van der Waals surface area contributed by atoms with E-state index in [9.17, 15) is 18.0 Å².